The number of para-hydroxylation sites is 1. The Morgan fingerprint density at radius 1 is 1.29 bits per heavy atom. The highest BCUT2D eigenvalue weighted by molar-refractivity contribution is 7.10. The Labute approximate surface area is 125 Å². The molecule has 0 radical (unpaired) electrons. The lowest BCUT2D eigenvalue weighted by atomic mass is 9.93. The number of hydrogen-bond acceptors (Lipinski definition) is 3. The van der Waals surface area contributed by atoms with E-state index in [1.165, 1.54) is 10.4 Å². The minimum Gasteiger partial charge on any atom is -0.477 e. The predicted molar refractivity (Wildman–Crippen MR) is 83.1 cm³/mol. The SMILES string of the molecule is O=C(O)c1[nH]c2ccccc2c1C1NCCc2sccc21. The fourth-order valence-corrected chi connectivity index (χ4v) is 4.06. The third kappa shape index (κ3) is 1.89. The molecule has 106 valence electrons. The highest BCUT2D eigenvalue weighted by Crippen LogP contribution is 2.37. The molecule has 2 aromatic heterocycles. The Hall–Kier alpha value is -2.11. The van der Waals surface area contributed by atoms with Gasteiger partial charge in [0.2, 0.25) is 0 Å². The molecule has 5 heteroatoms. The summed E-state index contributed by atoms with van der Waals surface area (Å²) in [5.41, 5.74) is 3.21. The first-order chi connectivity index (χ1) is 10.3. The van der Waals surface area contributed by atoms with Crippen LogP contribution in [0.3, 0.4) is 0 Å². The summed E-state index contributed by atoms with van der Waals surface area (Å²) < 4.78 is 0. The van der Waals surface area contributed by atoms with E-state index in [2.05, 4.69) is 21.7 Å². The largest absolute Gasteiger partial charge is 0.477 e. The molecule has 0 saturated heterocycles. The highest BCUT2D eigenvalue weighted by Gasteiger charge is 2.29. The van der Waals surface area contributed by atoms with Gasteiger partial charge in [0.05, 0.1) is 6.04 Å². The van der Waals surface area contributed by atoms with Gasteiger partial charge in [-0.25, -0.2) is 4.79 Å². The number of carboxylic acid groups (broad SMARTS) is 1. The van der Waals surface area contributed by atoms with Crippen LogP contribution < -0.4 is 5.32 Å². The third-order valence-electron chi connectivity index (χ3n) is 4.04. The van der Waals surface area contributed by atoms with Crippen LogP contribution in [0.25, 0.3) is 10.9 Å². The molecule has 0 fully saturated rings. The van der Waals surface area contributed by atoms with E-state index in [0.29, 0.717) is 0 Å². The van der Waals surface area contributed by atoms with Crippen molar-refractivity contribution in [1.82, 2.24) is 10.3 Å². The van der Waals surface area contributed by atoms with Gasteiger partial charge in [-0.15, -0.1) is 11.3 Å². The van der Waals surface area contributed by atoms with Crippen molar-refractivity contribution in [2.45, 2.75) is 12.5 Å². The number of aromatic amines is 1. The van der Waals surface area contributed by atoms with E-state index >= 15 is 0 Å². The Balaban J connectivity index is 1.99. The molecule has 3 aromatic rings. The summed E-state index contributed by atoms with van der Waals surface area (Å²) in [5, 5.41) is 16.1. The van der Waals surface area contributed by atoms with Crippen molar-refractivity contribution >= 4 is 28.2 Å². The fraction of sp³-hybridized carbons (Fsp3) is 0.188. The van der Waals surface area contributed by atoms with Gasteiger partial charge in [0.1, 0.15) is 5.69 Å². The normalized spacial score (nSPS) is 17.8. The molecule has 0 bridgehead atoms. The molecule has 0 spiro atoms. The summed E-state index contributed by atoms with van der Waals surface area (Å²) in [5.74, 6) is -0.912. The van der Waals surface area contributed by atoms with Gasteiger partial charge < -0.3 is 15.4 Å². The number of benzene rings is 1. The summed E-state index contributed by atoms with van der Waals surface area (Å²) in [6.07, 6.45) is 1.01. The maximum Gasteiger partial charge on any atom is 0.352 e. The van der Waals surface area contributed by atoms with Crippen LogP contribution in [0.2, 0.25) is 0 Å². The Bertz CT molecular complexity index is 834. The van der Waals surface area contributed by atoms with Gasteiger partial charge in [-0.05, 0) is 29.5 Å². The van der Waals surface area contributed by atoms with E-state index in [-0.39, 0.29) is 11.7 Å². The smallest absolute Gasteiger partial charge is 0.352 e. The molecular weight excluding hydrogens is 284 g/mol. The number of nitrogens with one attached hydrogen (secondary N) is 2. The number of rotatable bonds is 2. The number of carbonyl (C=O) groups is 1. The number of aromatic nitrogens is 1. The Morgan fingerprint density at radius 2 is 2.14 bits per heavy atom. The average molecular weight is 298 g/mol. The maximum atomic E-state index is 11.6. The van der Waals surface area contributed by atoms with Crippen molar-refractivity contribution in [1.29, 1.82) is 0 Å². The Kier molecular flexibility index (Phi) is 2.83. The first-order valence-electron chi connectivity index (χ1n) is 6.89. The molecule has 0 amide bonds. The van der Waals surface area contributed by atoms with Gasteiger partial charge in [0.15, 0.2) is 0 Å². The van der Waals surface area contributed by atoms with E-state index in [4.69, 9.17) is 0 Å². The van der Waals surface area contributed by atoms with Crippen LogP contribution in [0.4, 0.5) is 0 Å². The van der Waals surface area contributed by atoms with Crippen molar-refractivity contribution in [2.75, 3.05) is 6.54 Å². The summed E-state index contributed by atoms with van der Waals surface area (Å²) in [6.45, 7) is 0.872. The number of aromatic carboxylic acids is 1. The van der Waals surface area contributed by atoms with Crippen LogP contribution >= 0.6 is 11.3 Å². The summed E-state index contributed by atoms with van der Waals surface area (Å²) in [4.78, 5) is 16.0. The number of fused-ring (bicyclic) bond motifs is 2. The molecule has 4 rings (SSSR count). The van der Waals surface area contributed by atoms with Crippen LogP contribution in [0, 0.1) is 0 Å². The second kappa shape index (κ2) is 4.72. The first kappa shape index (κ1) is 12.6. The number of carboxylic acids is 1. The average Bonchev–Trinajstić information content (AvgIpc) is 3.11. The number of thiophene rings is 1. The van der Waals surface area contributed by atoms with Gasteiger partial charge in [0, 0.05) is 27.9 Å². The van der Waals surface area contributed by atoms with E-state index in [1.807, 2.05) is 24.3 Å². The minimum absolute atomic E-state index is 0.0535. The van der Waals surface area contributed by atoms with E-state index in [1.54, 1.807) is 11.3 Å². The molecule has 0 aliphatic carbocycles. The van der Waals surface area contributed by atoms with Crippen molar-refractivity contribution in [3.05, 3.63) is 57.4 Å². The molecule has 3 heterocycles. The van der Waals surface area contributed by atoms with Crippen LogP contribution in [0.1, 0.15) is 32.5 Å². The monoisotopic (exact) mass is 298 g/mol. The zero-order chi connectivity index (χ0) is 14.4. The van der Waals surface area contributed by atoms with Crippen LogP contribution in [0.5, 0.6) is 0 Å². The molecule has 0 saturated carbocycles. The highest BCUT2D eigenvalue weighted by atomic mass is 32.1. The van der Waals surface area contributed by atoms with Crippen LogP contribution in [0.15, 0.2) is 35.7 Å². The van der Waals surface area contributed by atoms with Crippen LogP contribution in [-0.4, -0.2) is 22.6 Å². The molecule has 1 atom stereocenters. The van der Waals surface area contributed by atoms with Crippen LogP contribution in [-0.2, 0) is 6.42 Å². The molecule has 3 N–H and O–H groups in total. The zero-order valence-corrected chi connectivity index (χ0v) is 12.0. The van der Waals surface area contributed by atoms with E-state index in [0.717, 1.165) is 29.4 Å². The molecule has 1 aliphatic rings. The predicted octanol–water partition coefficient (Wildman–Crippen LogP) is 3.16. The first-order valence-corrected chi connectivity index (χ1v) is 7.77. The van der Waals surface area contributed by atoms with Crippen molar-refractivity contribution in [3.8, 4) is 0 Å². The summed E-state index contributed by atoms with van der Waals surface area (Å²) >= 11 is 1.75. The second-order valence-electron chi connectivity index (χ2n) is 5.20. The molecule has 21 heavy (non-hydrogen) atoms. The number of H-pyrrole nitrogens is 1. The lowest BCUT2D eigenvalue weighted by Crippen LogP contribution is -2.30. The van der Waals surface area contributed by atoms with Gasteiger partial charge in [-0.3, -0.25) is 0 Å². The van der Waals surface area contributed by atoms with Crippen molar-refractivity contribution < 1.29 is 9.90 Å². The van der Waals surface area contributed by atoms with E-state index < -0.39 is 5.97 Å². The maximum absolute atomic E-state index is 11.6. The fourth-order valence-electron chi connectivity index (χ4n) is 3.14. The standard InChI is InChI=1S/C16H14N2O2S/c19-16(20)15-13(9-3-1-2-4-11(9)18-15)14-10-6-8-21-12(10)5-7-17-14/h1-4,6,8,14,17-18H,5,7H2,(H,19,20). The summed E-state index contributed by atoms with van der Waals surface area (Å²) in [6, 6.07) is 9.81. The topological polar surface area (TPSA) is 65.1 Å². The Morgan fingerprint density at radius 3 is 3.00 bits per heavy atom. The van der Waals surface area contributed by atoms with E-state index in [9.17, 15) is 9.90 Å². The zero-order valence-electron chi connectivity index (χ0n) is 11.2. The van der Waals surface area contributed by atoms with Crippen molar-refractivity contribution in [3.63, 3.8) is 0 Å². The quantitative estimate of drug-likeness (QED) is 0.681. The minimum atomic E-state index is -0.912. The van der Waals surface area contributed by atoms with Gasteiger partial charge in [-0.2, -0.15) is 0 Å². The summed E-state index contributed by atoms with van der Waals surface area (Å²) in [7, 11) is 0. The number of hydrogen-bond donors (Lipinski definition) is 3. The second-order valence-corrected chi connectivity index (χ2v) is 6.20. The molecule has 1 aromatic carbocycles. The molecule has 4 nitrogen and oxygen atoms in total. The van der Waals surface area contributed by atoms with Gasteiger partial charge in [0.25, 0.3) is 0 Å². The third-order valence-corrected chi connectivity index (χ3v) is 5.04. The van der Waals surface area contributed by atoms with Crippen molar-refractivity contribution in [2.24, 2.45) is 0 Å². The van der Waals surface area contributed by atoms with Gasteiger partial charge >= 0.3 is 5.97 Å². The molecule has 1 aliphatic heterocycles. The lowest BCUT2D eigenvalue weighted by molar-refractivity contribution is 0.0689. The molecular formula is C16H14N2O2S. The van der Waals surface area contributed by atoms with Gasteiger partial charge in [-0.1, -0.05) is 18.2 Å². The molecule has 1 unspecified atom stereocenters. The lowest BCUT2D eigenvalue weighted by Gasteiger charge is -2.24.